The molecule has 1 atom stereocenters. The van der Waals surface area contributed by atoms with E-state index in [-0.39, 0.29) is 11.7 Å². The fourth-order valence-electron chi connectivity index (χ4n) is 5.54. The summed E-state index contributed by atoms with van der Waals surface area (Å²) in [5, 5.41) is 1.14. The van der Waals surface area contributed by atoms with Crippen molar-refractivity contribution in [2.45, 2.75) is 52.6 Å². The molecule has 0 spiro atoms. The minimum absolute atomic E-state index is 0.140. The van der Waals surface area contributed by atoms with Gasteiger partial charge < -0.3 is 13.9 Å². The maximum atomic E-state index is 13.8. The van der Waals surface area contributed by atoms with Gasteiger partial charge in [0.15, 0.2) is 5.76 Å². The van der Waals surface area contributed by atoms with E-state index in [0.717, 1.165) is 36.8 Å². The van der Waals surface area contributed by atoms with E-state index in [2.05, 4.69) is 17.9 Å². The standard InChI is InChI=1S/C31H37N3O6S/c1-6-9-26-20(3)21(4)30(40-26)25-18-24(31(35)33-41(36,37)34-14-7-8-15-34)28-27(11-10-19(2)29(28)32-25)39-22(5)23-12-16-38-17-13-23/h6,9-11,18,22-23H,1,3,7-8,12-17H2,2,4-5H3,(H,33,35)/b26-9+. The van der Waals surface area contributed by atoms with Gasteiger partial charge in [-0.15, -0.1) is 0 Å². The molecule has 3 aromatic rings. The fraction of sp³-hybridized carbons (Fsp3) is 0.419. The van der Waals surface area contributed by atoms with Crippen LogP contribution in [0.5, 0.6) is 5.75 Å². The summed E-state index contributed by atoms with van der Waals surface area (Å²) < 4.78 is 47.9. The van der Waals surface area contributed by atoms with Crippen molar-refractivity contribution in [2.75, 3.05) is 26.3 Å². The van der Waals surface area contributed by atoms with Crippen LogP contribution < -0.4 is 20.1 Å². The topological polar surface area (TPSA) is 111 Å². The molecule has 0 saturated carbocycles. The highest BCUT2D eigenvalue weighted by atomic mass is 32.2. The van der Waals surface area contributed by atoms with Crippen LogP contribution in [0.3, 0.4) is 0 Å². The molecule has 5 rings (SSSR count). The molecular formula is C31H37N3O6S. The number of carbonyl (C=O) groups is 1. The van der Waals surface area contributed by atoms with Crippen molar-refractivity contribution in [3.8, 4) is 17.2 Å². The second kappa shape index (κ2) is 11.8. The molecule has 1 N–H and O–H groups in total. The van der Waals surface area contributed by atoms with Crippen LogP contribution in [0.2, 0.25) is 0 Å². The number of hydrogen-bond donors (Lipinski definition) is 1. The number of benzene rings is 1. The van der Waals surface area contributed by atoms with Gasteiger partial charge in [0.1, 0.15) is 16.9 Å². The Morgan fingerprint density at radius 2 is 1.93 bits per heavy atom. The maximum Gasteiger partial charge on any atom is 0.304 e. The molecule has 10 heteroatoms. The summed E-state index contributed by atoms with van der Waals surface area (Å²) in [7, 11) is -4.03. The van der Waals surface area contributed by atoms with Crippen LogP contribution in [0.15, 0.2) is 35.3 Å². The number of aromatic nitrogens is 1. The molecule has 2 aliphatic heterocycles. The molecule has 0 aliphatic carbocycles. The van der Waals surface area contributed by atoms with E-state index in [1.807, 2.05) is 32.9 Å². The van der Waals surface area contributed by atoms with Crippen LogP contribution in [-0.4, -0.2) is 56.0 Å². The fourth-order valence-corrected chi connectivity index (χ4v) is 6.75. The molecule has 218 valence electrons. The van der Waals surface area contributed by atoms with Crippen LogP contribution in [-0.2, 0) is 14.9 Å². The number of amides is 1. The first-order valence-electron chi connectivity index (χ1n) is 14.0. The van der Waals surface area contributed by atoms with Crippen LogP contribution in [0, 0.1) is 19.8 Å². The molecule has 2 aliphatic rings. The Balaban J connectivity index is 1.67. The van der Waals surface area contributed by atoms with Gasteiger partial charge in [0.05, 0.1) is 22.6 Å². The van der Waals surface area contributed by atoms with E-state index in [0.29, 0.717) is 71.0 Å². The van der Waals surface area contributed by atoms with Crippen molar-refractivity contribution < 1.29 is 27.1 Å². The third-order valence-electron chi connectivity index (χ3n) is 8.04. The van der Waals surface area contributed by atoms with Gasteiger partial charge in [-0.3, -0.25) is 4.79 Å². The molecule has 0 bridgehead atoms. The third-order valence-corrected chi connectivity index (χ3v) is 9.53. The highest BCUT2D eigenvalue weighted by Gasteiger charge is 2.30. The first kappa shape index (κ1) is 29.0. The van der Waals surface area contributed by atoms with Crippen molar-refractivity contribution >= 4 is 39.7 Å². The molecule has 1 unspecified atom stereocenters. The van der Waals surface area contributed by atoms with Crippen LogP contribution >= 0.6 is 0 Å². The number of aryl methyl sites for hydroxylation is 1. The highest BCUT2D eigenvalue weighted by Crippen LogP contribution is 2.36. The molecule has 1 aromatic carbocycles. The van der Waals surface area contributed by atoms with Gasteiger partial charge >= 0.3 is 10.2 Å². The van der Waals surface area contributed by atoms with Crippen molar-refractivity contribution in [2.24, 2.45) is 5.92 Å². The molecule has 41 heavy (non-hydrogen) atoms. The van der Waals surface area contributed by atoms with Gasteiger partial charge in [-0.1, -0.05) is 25.3 Å². The van der Waals surface area contributed by atoms with Crippen LogP contribution in [0.1, 0.15) is 54.1 Å². The highest BCUT2D eigenvalue weighted by molar-refractivity contribution is 7.87. The van der Waals surface area contributed by atoms with Crippen LogP contribution in [0.4, 0.5) is 0 Å². The lowest BCUT2D eigenvalue weighted by atomic mass is 9.94. The summed E-state index contributed by atoms with van der Waals surface area (Å²) in [6, 6.07) is 5.29. The largest absolute Gasteiger partial charge is 0.490 e. The third kappa shape index (κ3) is 5.82. The van der Waals surface area contributed by atoms with Gasteiger partial charge in [0, 0.05) is 37.1 Å². The van der Waals surface area contributed by atoms with E-state index < -0.39 is 16.1 Å². The Morgan fingerprint density at radius 1 is 1.22 bits per heavy atom. The van der Waals surface area contributed by atoms with Gasteiger partial charge in [-0.05, 0) is 76.1 Å². The summed E-state index contributed by atoms with van der Waals surface area (Å²) in [5.74, 6) is 0.461. The number of ether oxygens (including phenoxy) is 2. The predicted octanol–water partition coefficient (Wildman–Crippen LogP) is 3.75. The molecular weight excluding hydrogens is 542 g/mol. The first-order valence-corrected chi connectivity index (χ1v) is 15.5. The zero-order valence-corrected chi connectivity index (χ0v) is 24.7. The zero-order chi connectivity index (χ0) is 29.3. The van der Waals surface area contributed by atoms with E-state index in [1.54, 1.807) is 18.2 Å². The normalized spacial score (nSPS) is 18.1. The summed E-state index contributed by atoms with van der Waals surface area (Å²) >= 11 is 0. The molecule has 2 saturated heterocycles. The molecule has 4 heterocycles. The van der Waals surface area contributed by atoms with Crippen molar-refractivity contribution in [1.29, 1.82) is 0 Å². The first-order chi connectivity index (χ1) is 19.6. The quantitative estimate of drug-likeness (QED) is 0.433. The lowest BCUT2D eigenvalue weighted by Crippen LogP contribution is -2.42. The number of allylic oxidation sites excluding steroid dienone is 1. The lowest BCUT2D eigenvalue weighted by Gasteiger charge is -2.29. The van der Waals surface area contributed by atoms with Gasteiger partial charge in [0.25, 0.3) is 5.91 Å². The number of fused-ring (bicyclic) bond motifs is 1. The number of furan rings is 1. The molecule has 1 amide bonds. The lowest BCUT2D eigenvalue weighted by molar-refractivity contribution is 0.0243. The second-order valence-electron chi connectivity index (χ2n) is 10.8. The van der Waals surface area contributed by atoms with Gasteiger partial charge in [-0.25, -0.2) is 9.71 Å². The van der Waals surface area contributed by atoms with Gasteiger partial charge in [0.2, 0.25) is 0 Å². The van der Waals surface area contributed by atoms with Crippen molar-refractivity contribution in [3.63, 3.8) is 0 Å². The minimum atomic E-state index is -4.03. The van der Waals surface area contributed by atoms with E-state index in [1.165, 1.54) is 4.31 Å². The number of hydrogen-bond acceptors (Lipinski definition) is 7. The minimum Gasteiger partial charge on any atom is -0.490 e. The summed E-state index contributed by atoms with van der Waals surface area (Å²) in [5.41, 5.74) is 3.17. The van der Waals surface area contributed by atoms with Crippen molar-refractivity contribution in [1.82, 2.24) is 14.0 Å². The molecule has 0 radical (unpaired) electrons. The number of carbonyl (C=O) groups excluding carboxylic acids is 1. The number of nitrogens with one attached hydrogen (secondary N) is 1. The smallest absolute Gasteiger partial charge is 0.304 e. The number of pyridine rings is 1. The van der Waals surface area contributed by atoms with E-state index in [4.69, 9.17) is 18.9 Å². The average molecular weight is 580 g/mol. The summed E-state index contributed by atoms with van der Waals surface area (Å²) in [6.45, 7) is 15.7. The predicted molar refractivity (Wildman–Crippen MR) is 159 cm³/mol. The average Bonchev–Trinajstić information content (AvgIpc) is 3.60. The number of nitrogens with zero attached hydrogens (tertiary/aromatic N) is 2. The van der Waals surface area contributed by atoms with Gasteiger partial charge in [-0.2, -0.15) is 12.7 Å². The monoisotopic (exact) mass is 579 g/mol. The Labute approximate surface area is 240 Å². The zero-order valence-electron chi connectivity index (χ0n) is 23.9. The Morgan fingerprint density at radius 3 is 2.61 bits per heavy atom. The maximum absolute atomic E-state index is 13.8. The Bertz CT molecular complexity index is 1700. The van der Waals surface area contributed by atoms with E-state index in [9.17, 15) is 13.2 Å². The Kier molecular flexibility index (Phi) is 8.35. The summed E-state index contributed by atoms with van der Waals surface area (Å²) in [6.07, 6.45) is 6.45. The molecule has 2 fully saturated rings. The SMILES string of the molecule is C=C/C=c1/oc(-c2cc(C(=O)NS(=O)(=O)N3CCCC3)c3c(OC(C)C4CCOCC4)ccc(C)c3n2)c(C)c1=C. The molecule has 9 nitrogen and oxygen atoms in total. The summed E-state index contributed by atoms with van der Waals surface area (Å²) in [4.78, 5) is 18.8. The number of rotatable bonds is 8. The van der Waals surface area contributed by atoms with Crippen molar-refractivity contribution in [3.05, 3.63) is 58.2 Å². The van der Waals surface area contributed by atoms with E-state index >= 15 is 0 Å². The second-order valence-corrected chi connectivity index (χ2v) is 12.4. The molecule has 2 aromatic heterocycles. The Hall–Kier alpha value is -3.47. The van der Waals surface area contributed by atoms with Crippen LogP contribution in [0.25, 0.3) is 35.0 Å².